The topological polar surface area (TPSA) is 66.9 Å². The summed E-state index contributed by atoms with van der Waals surface area (Å²) in [6.45, 7) is 3.49. The van der Waals surface area contributed by atoms with Crippen LogP contribution in [0, 0.1) is 5.92 Å². The van der Waals surface area contributed by atoms with Crippen molar-refractivity contribution in [3.8, 4) is 0 Å². The maximum absolute atomic E-state index is 13.0. The molecule has 0 radical (unpaired) electrons. The van der Waals surface area contributed by atoms with Gasteiger partial charge in [-0.1, -0.05) is 30.3 Å². The summed E-state index contributed by atoms with van der Waals surface area (Å²) in [5.41, 5.74) is 1.34. The molecule has 1 aromatic carbocycles. The number of nitrogens with zero attached hydrogens (tertiary/aromatic N) is 2. The molecule has 0 aliphatic carbocycles. The van der Waals surface area contributed by atoms with E-state index in [1.165, 1.54) is 9.87 Å². The van der Waals surface area contributed by atoms with Crippen LogP contribution in [0.5, 0.6) is 0 Å². The zero-order chi connectivity index (χ0) is 19.3. The highest BCUT2D eigenvalue weighted by Gasteiger charge is 2.43. The van der Waals surface area contributed by atoms with Crippen LogP contribution in [0.1, 0.15) is 44.6 Å². The third-order valence-corrected chi connectivity index (χ3v) is 7.69. The number of rotatable bonds is 7. The molecule has 150 valence electrons. The Labute approximate surface area is 162 Å². The van der Waals surface area contributed by atoms with Gasteiger partial charge in [0.1, 0.15) is 6.04 Å². The first-order valence-corrected chi connectivity index (χ1v) is 11.4. The van der Waals surface area contributed by atoms with Crippen molar-refractivity contribution in [1.29, 1.82) is 0 Å². The minimum Gasteiger partial charge on any atom is -0.465 e. The second-order valence-corrected chi connectivity index (χ2v) is 9.28. The van der Waals surface area contributed by atoms with Crippen molar-refractivity contribution < 1.29 is 17.9 Å². The van der Waals surface area contributed by atoms with Gasteiger partial charge in [-0.25, -0.2) is 0 Å². The molecule has 0 N–H and O–H groups in total. The van der Waals surface area contributed by atoms with E-state index in [1.807, 2.05) is 6.07 Å². The minimum absolute atomic E-state index is 0.274. The Morgan fingerprint density at radius 2 is 1.81 bits per heavy atom. The minimum atomic E-state index is -3.60. The predicted molar refractivity (Wildman–Crippen MR) is 104 cm³/mol. The monoisotopic (exact) mass is 394 g/mol. The van der Waals surface area contributed by atoms with Gasteiger partial charge in [-0.3, -0.25) is 4.79 Å². The van der Waals surface area contributed by atoms with E-state index >= 15 is 0 Å². The molecule has 2 aliphatic rings. The number of benzene rings is 1. The van der Waals surface area contributed by atoms with Crippen LogP contribution in [0.4, 0.5) is 0 Å². The number of aryl methyl sites for hydroxylation is 1. The number of carbonyl (C=O) groups excluding carboxylic acids is 1. The molecular weight excluding hydrogens is 364 g/mol. The Bertz CT molecular complexity index is 715. The van der Waals surface area contributed by atoms with E-state index in [-0.39, 0.29) is 6.61 Å². The van der Waals surface area contributed by atoms with Crippen molar-refractivity contribution in [3.05, 3.63) is 35.9 Å². The van der Waals surface area contributed by atoms with Crippen LogP contribution in [-0.4, -0.2) is 55.3 Å². The Morgan fingerprint density at radius 3 is 2.48 bits per heavy atom. The predicted octanol–water partition coefficient (Wildman–Crippen LogP) is 2.60. The van der Waals surface area contributed by atoms with E-state index in [0.717, 1.165) is 25.7 Å². The molecular formula is C20H30N2O4S. The number of carbonyl (C=O) groups is 1. The summed E-state index contributed by atoms with van der Waals surface area (Å²) in [5, 5.41) is 0. The molecule has 0 aromatic heterocycles. The molecule has 27 heavy (non-hydrogen) atoms. The standard InChI is InChI=1S/C20H30N2O4S/c1-2-26-20(23)19-9-6-14-22(19)27(24,25)21-15-12-18(13-16-21)11-10-17-7-4-3-5-8-17/h3-5,7-8,18-19H,2,6,9-16H2,1H3. The molecule has 6 nitrogen and oxygen atoms in total. The van der Waals surface area contributed by atoms with Gasteiger partial charge in [-0.05, 0) is 56.9 Å². The number of ether oxygens (including phenoxy) is 1. The molecule has 2 heterocycles. The van der Waals surface area contributed by atoms with Crippen LogP contribution >= 0.6 is 0 Å². The van der Waals surface area contributed by atoms with E-state index in [0.29, 0.717) is 38.4 Å². The van der Waals surface area contributed by atoms with Gasteiger partial charge in [-0.15, -0.1) is 0 Å². The average Bonchev–Trinajstić information content (AvgIpc) is 3.19. The van der Waals surface area contributed by atoms with E-state index in [2.05, 4.69) is 24.3 Å². The third-order valence-electron chi connectivity index (χ3n) is 5.64. The van der Waals surface area contributed by atoms with Crippen LogP contribution in [-0.2, 0) is 26.2 Å². The fraction of sp³-hybridized carbons (Fsp3) is 0.650. The van der Waals surface area contributed by atoms with Gasteiger partial charge in [0.15, 0.2) is 0 Å². The average molecular weight is 395 g/mol. The van der Waals surface area contributed by atoms with Crippen LogP contribution in [0.2, 0.25) is 0 Å². The molecule has 1 atom stereocenters. The summed E-state index contributed by atoms with van der Waals surface area (Å²) in [5.74, 6) is 0.132. The summed E-state index contributed by atoms with van der Waals surface area (Å²) in [6.07, 6.45) is 5.14. The molecule has 0 bridgehead atoms. The Morgan fingerprint density at radius 1 is 1.11 bits per heavy atom. The summed E-state index contributed by atoms with van der Waals surface area (Å²) in [6, 6.07) is 9.76. The van der Waals surface area contributed by atoms with Crippen LogP contribution in [0.15, 0.2) is 30.3 Å². The fourth-order valence-electron chi connectivity index (χ4n) is 4.08. The number of hydrogen-bond donors (Lipinski definition) is 0. The summed E-state index contributed by atoms with van der Waals surface area (Å²) >= 11 is 0. The molecule has 2 fully saturated rings. The molecule has 3 rings (SSSR count). The van der Waals surface area contributed by atoms with Crippen LogP contribution in [0.25, 0.3) is 0 Å². The zero-order valence-electron chi connectivity index (χ0n) is 16.0. The van der Waals surface area contributed by atoms with E-state index in [4.69, 9.17) is 4.74 Å². The highest BCUT2D eigenvalue weighted by molar-refractivity contribution is 7.86. The van der Waals surface area contributed by atoms with Crippen molar-refractivity contribution in [3.63, 3.8) is 0 Å². The number of esters is 1. The maximum atomic E-state index is 13.0. The molecule has 1 aromatic rings. The molecule has 0 amide bonds. The lowest BCUT2D eigenvalue weighted by molar-refractivity contribution is -0.146. The lowest BCUT2D eigenvalue weighted by atomic mass is 9.91. The van der Waals surface area contributed by atoms with Gasteiger partial charge in [0.25, 0.3) is 10.2 Å². The fourth-order valence-corrected chi connectivity index (χ4v) is 5.92. The second kappa shape index (κ2) is 9.17. The van der Waals surface area contributed by atoms with E-state index < -0.39 is 22.2 Å². The summed E-state index contributed by atoms with van der Waals surface area (Å²) < 4.78 is 34.1. The lowest BCUT2D eigenvalue weighted by Crippen LogP contribution is -2.50. The van der Waals surface area contributed by atoms with Gasteiger partial charge >= 0.3 is 5.97 Å². The highest BCUT2D eigenvalue weighted by atomic mass is 32.2. The smallest absolute Gasteiger partial charge is 0.324 e. The first-order valence-electron chi connectivity index (χ1n) is 10.00. The van der Waals surface area contributed by atoms with Gasteiger partial charge in [0.2, 0.25) is 0 Å². The van der Waals surface area contributed by atoms with Crippen molar-refractivity contribution in [2.24, 2.45) is 5.92 Å². The second-order valence-electron chi connectivity index (χ2n) is 7.40. The van der Waals surface area contributed by atoms with Gasteiger partial charge in [0, 0.05) is 19.6 Å². The van der Waals surface area contributed by atoms with Gasteiger partial charge < -0.3 is 4.74 Å². The molecule has 2 aliphatic heterocycles. The first-order chi connectivity index (χ1) is 13.0. The van der Waals surface area contributed by atoms with Crippen LogP contribution in [0.3, 0.4) is 0 Å². The molecule has 1 unspecified atom stereocenters. The van der Waals surface area contributed by atoms with E-state index in [1.54, 1.807) is 11.2 Å². The molecule has 0 saturated carbocycles. The lowest BCUT2D eigenvalue weighted by Gasteiger charge is -2.35. The summed E-state index contributed by atoms with van der Waals surface area (Å²) in [7, 11) is -3.60. The molecule has 7 heteroatoms. The van der Waals surface area contributed by atoms with Crippen molar-refractivity contribution >= 4 is 16.2 Å². The first kappa shape index (κ1) is 20.3. The molecule has 0 spiro atoms. The number of piperidine rings is 1. The van der Waals surface area contributed by atoms with Crippen molar-refractivity contribution in [2.45, 2.75) is 51.5 Å². The Kier molecular flexibility index (Phi) is 6.89. The summed E-state index contributed by atoms with van der Waals surface area (Å²) in [4.78, 5) is 12.1. The number of hydrogen-bond acceptors (Lipinski definition) is 4. The quantitative estimate of drug-likeness (QED) is 0.667. The zero-order valence-corrected chi connectivity index (χ0v) is 16.9. The van der Waals surface area contributed by atoms with Gasteiger partial charge in [-0.2, -0.15) is 17.0 Å². The van der Waals surface area contributed by atoms with Crippen LogP contribution < -0.4 is 0 Å². The van der Waals surface area contributed by atoms with Gasteiger partial charge in [0.05, 0.1) is 6.61 Å². The maximum Gasteiger partial charge on any atom is 0.324 e. The molecule has 2 saturated heterocycles. The Hall–Kier alpha value is -1.44. The van der Waals surface area contributed by atoms with Crippen molar-refractivity contribution in [1.82, 2.24) is 8.61 Å². The SMILES string of the molecule is CCOC(=O)C1CCCN1S(=O)(=O)N1CCC(CCc2ccccc2)CC1. The third kappa shape index (κ3) is 4.89. The van der Waals surface area contributed by atoms with E-state index in [9.17, 15) is 13.2 Å². The largest absolute Gasteiger partial charge is 0.465 e. The normalized spacial score (nSPS) is 22.8. The highest BCUT2D eigenvalue weighted by Crippen LogP contribution is 2.29. The Balaban J connectivity index is 1.54. The van der Waals surface area contributed by atoms with Crippen molar-refractivity contribution in [2.75, 3.05) is 26.2 Å².